The van der Waals surface area contributed by atoms with Crippen molar-refractivity contribution in [3.63, 3.8) is 0 Å². The Morgan fingerprint density at radius 1 is 0.720 bits per heavy atom. The summed E-state index contributed by atoms with van der Waals surface area (Å²) in [7, 11) is 4.31. The summed E-state index contributed by atoms with van der Waals surface area (Å²) in [5.41, 5.74) is 0. The highest BCUT2D eigenvalue weighted by Crippen LogP contribution is 2.15. The van der Waals surface area contributed by atoms with E-state index in [-0.39, 0.29) is 0 Å². The van der Waals surface area contributed by atoms with Gasteiger partial charge < -0.3 is 24.5 Å². The number of unbranched alkanes of at least 4 members (excludes halogenated alkanes) is 1. The van der Waals surface area contributed by atoms with E-state index in [0.717, 1.165) is 13.1 Å². The molecule has 5 heteroatoms. The normalized spacial score (nSPS) is 23.0. The maximum atomic E-state index is 2.67. The summed E-state index contributed by atoms with van der Waals surface area (Å²) in [6, 6.07) is 0. The largest absolute Gasteiger partial charge is 0.359 e. The van der Waals surface area contributed by atoms with Gasteiger partial charge in [-0.25, -0.2) is 0 Å². The van der Waals surface area contributed by atoms with Crippen molar-refractivity contribution in [2.75, 3.05) is 46.8 Å². The molecular formula is C20H39N5. The molecule has 0 aromatic carbocycles. The van der Waals surface area contributed by atoms with Crippen LogP contribution in [0.15, 0.2) is 24.8 Å². The van der Waals surface area contributed by atoms with Crippen LogP contribution in [0.5, 0.6) is 0 Å². The van der Waals surface area contributed by atoms with Gasteiger partial charge >= 0.3 is 0 Å². The highest BCUT2D eigenvalue weighted by atomic mass is 15.4. The smallest absolute Gasteiger partial charge is 0.0974 e. The molecule has 2 atom stereocenters. The third kappa shape index (κ3) is 5.84. The van der Waals surface area contributed by atoms with Gasteiger partial charge in [-0.15, -0.1) is 0 Å². The van der Waals surface area contributed by atoms with E-state index in [9.17, 15) is 0 Å². The van der Waals surface area contributed by atoms with Gasteiger partial charge in [0.2, 0.25) is 0 Å². The molecule has 0 N–H and O–H groups in total. The van der Waals surface area contributed by atoms with Crippen molar-refractivity contribution in [3.8, 4) is 0 Å². The van der Waals surface area contributed by atoms with E-state index in [2.05, 4.69) is 84.2 Å². The van der Waals surface area contributed by atoms with E-state index in [1.165, 1.54) is 45.3 Å². The molecule has 2 aliphatic heterocycles. The zero-order valence-corrected chi connectivity index (χ0v) is 17.1. The van der Waals surface area contributed by atoms with Crippen LogP contribution in [-0.2, 0) is 0 Å². The van der Waals surface area contributed by atoms with Crippen molar-refractivity contribution in [1.82, 2.24) is 24.5 Å². The van der Waals surface area contributed by atoms with Crippen LogP contribution in [-0.4, -0.2) is 83.7 Å². The summed E-state index contributed by atoms with van der Waals surface area (Å²) in [4.78, 5) is 12.1. The van der Waals surface area contributed by atoms with E-state index >= 15 is 0 Å². The van der Waals surface area contributed by atoms with Gasteiger partial charge in [-0.2, -0.15) is 0 Å². The van der Waals surface area contributed by atoms with Crippen molar-refractivity contribution >= 4 is 0 Å². The molecule has 2 unspecified atom stereocenters. The molecule has 144 valence electrons. The Morgan fingerprint density at radius 2 is 1.16 bits per heavy atom. The quantitative estimate of drug-likeness (QED) is 0.568. The first-order valence-corrected chi connectivity index (χ1v) is 10.1. The predicted octanol–water partition coefficient (Wildman–Crippen LogP) is 3.00. The Balaban J connectivity index is 1.67. The maximum absolute atomic E-state index is 2.67. The highest BCUT2D eigenvalue weighted by molar-refractivity contribution is 4.94. The highest BCUT2D eigenvalue weighted by Gasteiger charge is 2.19. The van der Waals surface area contributed by atoms with Crippen LogP contribution < -0.4 is 0 Å². The van der Waals surface area contributed by atoms with Gasteiger partial charge in [0, 0.05) is 52.0 Å². The number of hydrogen-bond acceptors (Lipinski definition) is 5. The molecular weight excluding hydrogens is 310 g/mol. The van der Waals surface area contributed by atoms with E-state index in [1.807, 2.05) is 0 Å². The maximum Gasteiger partial charge on any atom is 0.0974 e. The van der Waals surface area contributed by atoms with Gasteiger partial charge in [0.05, 0.1) is 12.3 Å². The Labute approximate surface area is 155 Å². The molecule has 0 radical (unpaired) electrons. The average molecular weight is 350 g/mol. The minimum Gasteiger partial charge on any atom is -0.359 e. The topological polar surface area (TPSA) is 16.2 Å². The Bertz CT molecular complexity index is 400. The number of nitrogens with zero attached hydrogens (tertiary/aromatic N) is 5. The van der Waals surface area contributed by atoms with E-state index in [0.29, 0.717) is 12.3 Å². The molecule has 0 aromatic heterocycles. The van der Waals surface area contributed by atoms with Gasteiger partial charge in [0.15, 0.2) is 0 Å². The lowest BCUT2D eigenvalue weighted by Gasteiger charge is -2.30. The summed E-state index contributed by atoms with van der Waals surface area (Å²) >= 11 is 0. The van der Waals surface area contributed by atoms with Crippen molar-refractivity contribution in [3.05, 3.63) is 24.8 Å². The lowest BCUT2D eigenvalue weighted by Crippen LogP contribution is -2.37. The van der Waals surface area contributed by atoms with Gasteiger partial charge in [0.1, 0.15) is 0 Å². The summed E-state index contributed by atoms with van der Waals surface area (Å²) in [5.74, 6) is 0. The fourth-order valence-electron chi connectivity index (χ4n) is 3.54. The van der Waals surface area contributed by atoms with Gasteiger partial charge in [-0.3, -0.25) is 0 Å². The second-order valence-electron chi connectivity index (χ2n) is 7.57. The monoisotopic (exact) mass is 349 g/mol. The van der Waals surface area contributed by atoms with Crippen LogP contribution in [0.1, 0.15) is 46.5 Å². The summed E-state index contributed by atoms with van der Waals surface area (Å²) in [5, 5.41) is 0. The Morgan fingerprint density at radius 3 is 1.52 bits per heavy atom. The molecule has 0 saturated heterocycles. The second kappa shape index (κ2) is 9.95. The van der Waals surface area contributed by atoms with Gasteiger partial charge in [-0.1, -0.05) is 13.3 Å². The first-order valence-electron chi connectivity index (χ1n) is 10.1. The Hall–Kier alpha value is -1.36. The van der Waals surface area contributed by atoms with E-state index in [1.54, 1.807) is 0 Å². The van der Waals surface area contributed by atoms with E-state index in [4.69, 9.17) is 0 Å². The standard InChI is InChI=1S/C20H39N5/c1-6-7-10-23(11-8-13-24-17-15-21(4)19(24)2)12-9-14-25-18-16-22(5)20(25)3/h15-20H,6-14H2,1-5H3. The fraction of sp³-hybridized carbons (Fsp3) is 0.800. The molecule has 2 aliphatic rings. The molecule has 0 bridgehead atoms. The van der Waals surface area contributed by atoms with Crippen LogP contribution in [0.2, 0.25) is 0 Å². The van der Waals surface area contributed by atoms with E-state index < -0.39 is 0 Å². The van der Waals surface area contributed by atoms with Crippen LogP contribution >= 0.6 is 0 Å². The van der Waals surface area contributed by atoms with Crippen molar-refractivity contribution in [2.45, 2.75) is 58.8 Å². The zero-order chi connectivity index (χ0) is 18.2. The number of rotatable bonds is 11. The molecule has 0 fully saturated rings. The van der Waals surface area contributed by atoms with Crippen LogP contribution in [0.3, 0.4) is 0 Å². The predicted molar refractivity (Wildman–Crippen MR) is 107 cm³/mol. The molecule has 0 saturated carbocycles. The molecule has 25 heavy (non-hydrogen) atoms. The molecule has 5 nitrogen and oxygen atoms in total. The molecule has 2 rings (SSSR count). The van der Waals surface area contributed by atoms with Crippen molar-refractivity contribution < 1.29 is 0 Å². The summed E-state index contributed by atoms with van der Waals surface area (Å²) in [6.45, 7) is 12.8. The lowest BCUT2D eigenvalue weighted by atomic mass is 10.2. The molecule has 0 amide bonds. The minimum atomic E-state index is 0.504. The van der Waals surface area contributed by atoms with Crippen molar-refractivity contribution in [2.24, 2.45) is 0 Å². The average Bonchev–Trinajstić information content (AvgIpc) is 3.09. The zero-order valence-electron chi connectivity index (χ0n) is 17.1. The fourth-order valence-corrected chi connectivity index (χ4v) is 3.54. The van der Waals surface area contributed by atoms with Crippen LogP contribution in [0.25, 0.3) is 0 Å². The second-order valence-corrected chi connectivity index (χ2v) is 7.57. The first kappa shape index (κ1) is 20.0. The molecule has 0 aromatic rings. The first-order chi connectivity index (χ1) is 12.0. The van der Waals surface area contributed by atoms with Gasteiger partial charge in [0.25, 0.3) is 0 Å². The van der Waals surface area contributed by atoms with Crippen LogP contribution in [0, 0.1) is 0 Å². The SMILES string of the molecule is CCCCN(CCCN1C=CN(C)C1C)CCCN1C=CN(C)C1C. The van der Waals surface area contributed by atoms with Gasteiger partial charge in [-0.05, 0) is 52.7 Å². The third-order valence-corrected chi connectivity index (χ3v) is 5.73. The number of hydrogen-bond donors (Lipinski definition) is 0. The Kier molecular flexibility index (Phi) is 7.94. The summed E-state index contributed by atoms with van der Waals surface area (Å²) in [6.07, 6.45) is 14.9. The van der Waals surface area contributed by atoms with Crippen LogP contribution in [0.4, 0.5) is 0 Å². The lowest BCUT2D eigenvalue weighted by molar-refractivity contribution is 0.169. The van der Waals surface area contributed by atoms with Crippen molar-refractivity contribution in [1.29, 1.82) is 0 Å². The summed E-state index contributed by atoms with van der Waals surface area (Å²) < 4.78 is 0. The molecule has 0 aliphatic carbocycles. The third-order valence-electron chi connectivity index (χ3n) is 5.73. The molecule has 2 heterocycles. The molecule has 0 spiro atoms. The minimum absolute atomic E-state index is 0.504.